The maximum absolute atomic E-state index is 13.2. The number of nitrogen functional groups attached to an aromatic ring is 1. The lowest BCUT2D eigenvalue weighted by molar-refractivity contribution is -0.176. The van der Waals surface area contributed by atoms with Gasteiger partial charge < -0.3 is 20.1 Å². The van der Waals surface area contributed by atoms with Crippen LogP contribution in [0.1, 0.15) is 37.2 Å². The lowest BCUT2D eigenvalue weighted by Gasteiger charge is -2.38. The Hall–Kier alpha value is -1.63. The molecule has 0 amide bonds. The third-order valence-corrected chi connectivity index (χ3v) is 5.27. The van der Waals surface area contributed by atoms with E-state index in [0.717, 1.165) is 24.1 Å². The van der Waals surface area contributed by atoms with Crippen LogP contribution in [0, 0.1) is 5.92 Å². The molecule has 7 heteroatoms. The van der Waals surface area contributed by atoms with Crippen molar-refractivity contribution < 1.29 is 22.6 Å². The second-order valence-electron chi connectivity index (χ2n) is 6.87. The molecule has 1 atom stereocenters. The third kappa shape index (κ3) is 3.97. The van der Waals surface area contributed by atoms with E-state index in [4.69, 9.17) is 15.2 Å². The van der Waals surface area contributed by atoms with Gasteiger partial charge in [0.15, 0.2) is 0 Å². The number of hydrogen-bond donors (Lipinski definition) is 1. The Labute approximate surface area is 146 Å². The number of ether oxygens (including phenoxy) is 2. The Morgan fingerprint density at radius 2 is 1.92 bits per heavy atom. The molecule has 1 aromatic rings. The molecular formula is C18H25F3N2O2. The molecule has 140 valence electrons. The molecule has 1 aromatic carbocycles. The Balaban J connectivity index is 1.95. The van der Waals surface area contributed by atoms with Crippen molar-refractivity contribution in [2.75, 3.05) is 44.0 Å². The zero-order valence-electron chi connectivity index (χ0n) is 14.4. The summed E-state index contributed by atoms with van der Waals surface area (Å²) in [4.78, 5) is 1.86. The van der Waals surface area contributed by atoms with Crippen molar-refractivity contribution in [2.45, 2.75) is 37.8 Å². The number of nitrogens with zero attached hydrogens (tertiary/aromatic N) is 1. The topological polar surface area (TPSA) is 47.7 Å². The van der Waals surface area contributed by atoms with Gasteiger partial charge >= 0.3 is 6.18 Å². The monoisotopic (exact) mass is 358 g/mol. The fraction of sp³-hybridized carbons (Fsp3) is 0.667. The van der Waals surface area contributed by atoms with E-state index in [2.05, 4.69) is 0 Å². The van der Waals surface area contributed by atoms with E-state index in [1.807, 2.05) is 11.0 Å². The van der Waals surface area contributed by atoms with Gasteiger partial charge in [0.2, 0.25) is 0 Å². The van der Waals surface area contributed by atoms with E-state index in [1.54, 1.807) is 6.07 Å². The molecule has 0 radical (unpaired) electrons. The van der Waals surface area contributed by atoms with E-state index < -0.39 is 12.1 Å². The smallest absolute Gasteiger partial charge is 0.393 e. The minimum atomic E-state index is -4.16. The summed E-state index contributed by atoms with van der Waals surface area (Å²) < 4.78 is 50.4. The summed E-state index contributed by atoms with van der Waals surface area (Å²) in [5, 5.41) is 0. The number of nitrogens with two attached hydrogens (primary N) is 1. The molecule has 3 rings (SSSR count). The SMILES string of the molecule is COc1cc(N2CCCC(C(F)(F)F)C2)c(C2CCOCC2)cc1N. The van der Waals surface area contributed by atoms with Crippen LogP contribution in [0.3, 0.4) is 0 Å². The van der Waals surface area contributed by atoms with Gasteiger partial charge in [-0.2, -0.15) is 13.2 Å². The second kappa shape index (κ2) is 7.32. The predicted octanol–water partition coefficient (Wildman–Crippen LogP) is 3.95. The van der Waals surface area contributed by atoms with Gasteiger partial charge in [-0.1, -0.05) is 0 Å². The van der Waals surface area contributed by atoms with E-state index in [1.165, 1.54) is 7.11 Å². The fourth-order valence-electron chi connectivity index (χ4n) is 3.85. The van der Waals surface area contributed by atoms with Gasteiger partial charge in [-0.25, -0.2) is 0 Å². The number of piperidine rings is 1. The molecule has 0 saturated carbocycles. The molecule has 1 unspecified atom stereocenters. The van der Waals surface area contributed by atoms with Crippen LogP contribution in [0.5, 0.6) is 5.75 Å². The fourth-order valence-corrected chi connectivity index (χ4v) is 3.85. The lowest BCUT2D eigenvalue weighted by atomic mass is 9.88. The predicted molar refractivity (Wildman–Crippen MR) is 91.2 cm³/mol. The standard InChI is InChI=1S/C18H25F3N2O2/c1-24-17-10-16(23-6-2-3-13(11-23)18(19,20)21)14(9-15(17)22)12-4-7-25-8-5-12/h9-10,12-13H,2-8,11,22H2,1H3. The number of rotatable bonds is 3. The number of anilines is 2. The van der Waals surface area contributed by atoms with Crippen LogP contribution in [-0.4, -0.2) is 39.6 Å². The molecular weight excluding hydrogens is 333 g/mol. The summed E-state index contributed by atoms with van der Waals surface area (Å²) in [6.07, 6.45) is -1.72. The van der Waals surface area contributed by atoms with E-state index in [-0.39, 0.29) is 18.9 Å². The Kier molecular flexibility index (Phi) is 5.32. The van der Waals surface area contributed by atoms with Crippen molar-refractivity contribution in [2.24, 2.45) is 5.92 Å². The minimum absolute atomic E-state index is 0.00715. The average molecular weight is 358 g/mol. The quantitative estimate of drug-likeness (QED) is 0.831. The second-order valence-corrected chi connectivity index (χ2v) is 6.87. The van der Waals surface area contributed by atoms with Crippen LogP contribution in [0.25, 0.3) is 0 Å². The summed E-state index contributed by atoms with van der Waals surface area (Å²) in [5.74, 6) is -0.518. The number of alkyl halides is 3. The van der Waals surface area contributed by atoms with E-state index in [9.17, 15) is 13.2 Å². The first-order chi connectivity index (χ1) is 11.9. The van der Waals surface area contributed by atoms with Gasteiger partial charge in [0.1, 0.15) is 5.75 Å². The average Bonchev–Trinajstić information content (AvgIpc) is 2.61. The van der Waals surface area contributed by atoms with Crippen LogP contribution in [-0.2, 0) is 4.74 Å². The summed E-state index contributed by atoms with van der Waals surface area (Å²) in [5.41, 5.74) is 8.45. The van der Waals surface area contributed by atoms with Crippen molar-refractivity contribution in [1.29, 1.82) is 0 Å². The molecule has 2 fully saturated rings. The molecule has 4 nitrogen and oxygen atoms in total. The largest absolute Gasteiger partial charge is 0.495 e. The molecule has 0 aliphatic carbocycles. The number of methoxy groups -OCH3 is 1. The molecule has 2 aliphatic rings. The van der Waals surface area contributed by atoms with Gasteiger partial charge in [-0.05, 0) is 43.2 Å². The normalized spacial score (nSPS) is 22.9. The van der Waals surface area contributed by atoms with Crippen LogP contribution < -0.4 is 15.4 Å². The number of halogens is 3. The van der Waals surface area contributed by atoms with Gasteiger partial charge in [-0.3, -0.25) is 0 Å². The zero-order chi connectivity index (χ0) is 18.0. The summed E-state index contributed by atoms with van der Waals surface area (Å²) >= 11 is 0. The van der Waals surface area contributed by atoms with Gasteiger partial charge in [0.25, 0.3) is 0 Å². The van der Waals surface area contributed by atoms with Crippen molar-refractivity contribution in [3.8, 4) is 5.75 Å². The van der Waals surface area contributed by atoms with E-state index in [0.29, 0.717) is 37.6 Å². The summed E-state index contributed by atoms with van der Waals surface area (Å²) in [7, 11) is 1.53. The number of hydrogen-bond acceptors (Lipinski definition) is 4. The Bertz CT molecular complexity index is 601. The maximum atomic E-state index is 13.2. The van der Waals surface area contributed by atoms with Crippen molar-refractivity contribution in [3.63, 3.8) is 0 Å². The van der Waals surface area contributed by atoms with Gasteiger partial charge in [0.05, 0.1) is 18.7 Å². The summed E-state index contributed by atoms with van der Waals surface area (Å²) in [6.45, 7) is 1.95. The van der Waals surface area contributed by atoms with Gasteiger partial charge in [0, 0.05) is 38.1 Å². The van der Waals surface area contributed by atoms with Crippen LogP contribution in [0.4, 0.5) is 24.5 Å². The first kappa shape index (κ1) is 18.2. The minimum Gasteiger partial charge on any atom is -0.495 e. The van der Waals surface area contributed by atoms with Crippen molar-refractivity contribution in [1.82, 2.24) is 0 Å². The molecule has 2 N–H and O–H groups in total. The zero-order valence-corrected chi connectivity index (χ0v) is 14.4. The molecule has 25 heavy (non-hydrogen) atoms. The molecule has 2 heterocycles. The van der Waals surface area contributed by atoms with Gasteiger partial charge in [-0.15, -0.1) is 0 Å². The van der Waals surface area contributed by atoms with Crippen LogP contribution in [0.2, 0.25) is 0 Å². The maximum Gasteiger partial charge on any atom is 0.393 e. The van der Waals surface area contributed by atoms with Crippen LogP contribution >= 0.6 is 0 Å². The third-order valence-electron chi connectivity index (χ3n) is 5.27. The first-order valence-corrected chi connectivity index (χ1v) is 8.77. The molecule has 2 saturated heterocycles. The van der Waals surface area contributed by atoms with Crippen molar-refractivity contribution >= 4 is 11.4 Å². The highest BCUT2D eigenvalue weighted by Gasteiger charge is 2.42. The molecule has 2 aliphatic heterocycles. The molecule has 0 bridgehead atoms. The first-order valence-electron chi connectivity index (χ1n) is 8.77. The van der Waals surface area contributed by atoms with E-state index >= 15 is 0 Å². The molecule has 0 spiro atoms. The van der Waals surface area contributed by atoms with Crippen molar-refractivity contribution in [3.05, 3.63) is 17.7 Å². The highest BCUT2D eigenvalue weighted by atomic mass is 19.4. The highest BCUT2D eigenvalue weighted by Crippen LogP contribution is 2.42. The summed E-state index contributed by atoms with van der Waals surface area (Å²) in [6, 6.07) is 3.68. The van der Waals surface area contributed by atoms with Crippen LogP contribution in [0.15, 0.2) is 12.1 Å². The Morgan fingerprint density at radius 1 is 1.20 bits per heavy atom. The highest BCUT2D eigenvalue weighted by molar-refractivity contribution is 5.68. The Morgan fingerprint density at radius 3 is 2.56 bits per heavy atom. The lowest BCUT2D eigenvalue weighted by Crippen LogP contribution is -2.42. The number of benzene rings is 1. The molecule has 0 aromatic heterocycles.